The van der Waals surface area contributed by atoms with Crippen LogP contribution in [0.2, 0.25) is 0 Å². The minimum absolute atomic E-state index is 0.0332. The van der Waals surface area contributed by atoms with Crippen molar-refractivity contribution in [2.45, 2.75) is 18.6 Å². The molecule has 0 heterocycles. The first-order valence-electron chi connectivity index (χ1n) is 5.92. The van der Waals surface area contributed by atoms with E-state index in [9.17, 15) is 13.8 Å². The van der Waals surface area contributed by atoms with E-state index >= 15 is 0 Å². The highest BCUT2D eigenvalue weighted by molar-refractivity contribution is 9.10. The summed E-state index contributed by atoms with van der Waals surface area (Å²) in [5.41, 5.74) is 0.620. The molecule has 0 saturated heterocycles. The number of carbonyl (C=O) groups excluding carboxylic acids is 2. The van der Waals surface area contributed by atoms with Crippen LogP contribution in [0.25, 0.3) is 0 Å². The number of benzene rings is 1. The van der Waals surface area contributed by atoms with Gasteiger partial charge in [-0.15, -0.1) is 0 Å². The number of para-hydroxylation sites is 1. The van der Waals surface area contributed by atoms with E-state index in [4.69, 9.17) is 0 Å². The van der Waals surface area contributed by atoms with Crippen LogP contribution < -0.4 is 5.32 Å². The predicted octanol–water partition coefficient (Wildman–Crippen LogP) is 2.09. The lowest BCUT2D eigenvalue weighted by Crippen LogP contribution is -2.26. The predicted molar refractivity (Wildman–Crippen MR) is 81.9 cm³/mol. The Balaban J connectivity index is 2.52. The maximum absolute atomic E-state index is 11.9. The Morgan fingerprint density at radius 1 is 1.40 bits per heavy atom. The standard InChI is InChI=1S/C13H16BrNO4S/c1-9(7-13(17)19-2)20(18)8-12(16)15-11-6-4-3-5-10(11)14/h3-6,9H,7-8H2,1-2H3,(H,15,16). The molecule has 7 heteroatoms. The Morgan fingerprint density at radius 2 is 2.05 bits per heavy atom. The van der Waals surface area contributed by atoms with Gasteiger partial charge in [0.25, 0.3) is 0 Å². The normalized spacial score (nSPS) is 13.3. The highest BCUT2D eigenvalue weighted by Crippen LogP contribution is 2.21. The van der Waals surface area contributed by atoms with Crippen LogP contribution in [-0.4, -0.2) is 34.2 Å². The van der Waals surface area contributed by atoms with Gasteiger partial charge in [-0.1, -0.05) is 19.1 Å². The molecule has 2 unspecified atom stereocenters. The molecule has 0 bridgehead atoms. The number of methoxy groups -OCH3 is 1. The van der Waals surface area contributed by atoms with Gasteiger partial charge >= 0.3 is 5.97 Å². The van der Waals surface area contributed by atoms with Crippen LogP contribution in [0, 0.1) is 0 Å². The van der Waals surface area contributed by atoms with E-state index in [-0.39, 0.29) is 18.1 Å². The molecule has 0 aliphatic heterocycles. The molecule has 1 aromatic carbocycles. The molecule has 110 valence electrons. The highest BCUT2D eigenvalue weighted by Gasteiger charge is 2.19. The van der Waals surface area contributed by atoms with Crippen LogP contribution in [0.15, 0.2) is 28.7 Å². The fraction of sp³-hybridized carbons (Fsp3) is 0.385. The van der Waals surface area contributed by atoms with E-state index in [0.29, 0.717) is 5.69 Å². The van der Waals surface area contributed by atoms with Gasteiger partial charge in [0.2, 0.25) is 5.91 Å². The number of rotatable bonds is 6. The zero-order chi connectivity index (χ0) is 15.1. The van der Waals surface area contributed by atoms with E-state index in [1.165, 1.54) is 7.11 Å². The average Bonchev–Trinajstić information content (AvgIpc) is 2.41. The zero-order valence-corrected chi connectivity index (χ0v) is 13.6. The van der Waals surface area contributed by atoms with E-state index in [0.717, 1.165) is 4.47 Å². The van der Waals surface area contributed by atoms with Crippen LogP contribution in [0.4, 0.5) is 5.69 Å². The van der Waals surface area contributed by atoms with Gasteiger partial charge in [-0.3, -0.25) is 13.8 Å². The molecule has 1 rings (SSSR count). The average molecular weight is 362 g/mol. The van der Waals surface area contributed by atoms with Crippen molar-refractivity contribution in [3.05, 3.63) is 28.7 Å². The number of halogens is 1. The molecule has 20 heavy (non-hydrogen) atoms. The minimum Gasteiger partial charge on any atom is -0.469 e. The summed E-state index contributed by atoms with van der Waals surface area (Å²) in [6, 6.07) is 7.16. The van der Waals surface area contributed by atoms with E-state index < -0.39 is 22.0 Å². The lowest BCUT2D eigenvalue weighted by molar-refractivity contribution is -0.140. The quantitative estimate of drug-likeness (QED) is 0.787. The molecule has 0 aliphatic carbocycles. The number of hydrogen-bond donors (Lipinski definition) is 1. The Kier molecular flexibility index (Phi) is 6.87. The number of ether oxygens (including phenoxy) is 1. The van der Waals surface area contributed by atoms with Crippen molar-refractivity contribution in [1.82, 2.24) is 0 Å². The molecular weight excluding hydrogens is 346 g/mol. The second-order valence-electron chi connectivity index (χ2n) is 4.14. The summed E-state index contributed by atoms with van der Waals surface area (Å²) in [6.45, 7) is 1.65. The lowest BCUT2D eigenvalue weighted by atomic mass is 10.3. The van der Waals surface area contributed by atoms with Crippen molar-refractivity contribution in [2.24, 2.45) is 0 Å². The lowest BCUT2D eigenvalue weighted by Gasteiger charge is -2.11. The number of hydrogen-bond acceptors (Lipinski definition) is 4. The molecule has 5 nitrogen and oxygen atoms in total. The van der Waals surface area contributed by atoms with Crippen LogP contribution >= 0.6 is 15.9 Å². The molecule has 0 aliphatic rings. The first-order valence-corrected chi connectivity index (χ1v) is 8.10. The van der Waals surface area contributed by atoms with Gasteiger partial charge in [0.05, 0.1) is 19.2 Å². The van der Waals surface area contributed by atoms with Gasteiger partial charge in [-0.2, -0.15) is 0 Å². The zero-order valence-electron chi connectivity index (χ0n) is 11.2. The molecule has 0 radical (unpaired) electrons. The summed E-state index contributed by atoms with van der Waals surface area (Å²) in [5.74, 6) is -0.941. The second-order valence-corrected chi connectivity index (χ2v) is 6.85. The first kappa shape index (κ1) is 16.8. The SMILES string of the molecule is COC(=O)CC(C)S(=O)CC(=O)Nc1ccccc1Br. The third kappa shape index (κ3) is 5.42. The molecule has 1 amide bonds. The number of carbonyl (C=O) groups is 2. The van der Waals surface area contributed by atoms with Gasteiger partial charge in [-0.25, -0.2) is 0 Å². The Hall–Kier alpha value is -1.21. The molecular formula is C13H16BrNO4S. The van der Waals surface area contributed by atoms with Crippen molar-refractivity contribution >= 4 is 44.3 Å². The monoisotopic (exact) mass is 361 g/mol. The first-order chi connectivity index (χ1) is 9.43. The minimum atomic E-state index is -1.43. The van der Waals surface area contributed by atoms with Gasteiger partial charge in [0.1, 0.15) is 5.75 Å². The Labute approximate surface area is 128 Å². The smallest absolute Gasteiger partial charge is 0.306 e. The molecule has 1 N–H and O–H groups in total. The third-order valence-electron chi connectivity index (χ3n) is 2.55. The summed E-state index contributed by atoms with van der Waals surface area (Å²) in [4.78, 5) is 22.9. The third-order valence-corrected chi connectivity index (χ3v) is 4.85. The van der Waals surface area contributed by atoms with Gasteiger partial charge in [-0.05, 0) is 28.1 Å². The van der Waals surface area contributed by atoms with E-state index in [1.54, 1.807) is 25.1 Å². The fourth-order valence-electron chi connectivity index (χ4n) is 1.43. The summed E-state index contributed by atoms with van der Waals surface area (Å²) >= 11 is 3.31. The van der Waals surface area contributed by atoms with E-state index in [2.05, 4.69) is 26.0 Å². The number of amides is 1. The maximum Gasteiger partial charge on any atom is 0.306 e. The molecule has 1 aromatic rings. The number of esters is 1. The van der Waals surface area contributed by atoms with Crippen LogP contribution in [0.1, 0.15) is 13.3 Å². The second kappa shape index (κ2) is 8.16. The summed E-state index contributed by atoms with van der Waals surface area (Å²) in [7, 11) is -0.150. The Morgan fingerprint density at radius 3 is 2.65 bits per heavy atom. The van der Waals surface area contributed by atoms with Crippen LogP contribution in [0.3, 0.4) is 0 Å². The van der Waals surface area contributed by atoms with Crippen molar-refractivity contribution in [3.8, 4) is 0 Å². The fourth-order valence-corrected chi connectivity index (χ4v) is 2.75. The highest BCUT2D eigenvalue weighted by atomic mass is 79.9. The maximum atomic E-state index is 11.9. The van der Waals surface area contributed by atoms with Crippen molar-refractivity contribution in [1.29, 1.82) is 0 Å². The summed E-state index contributed by atoms with van der Waals surface area (Å²) in [5, 5.41) is 2.24. The summed E-state index contributed by atoms with van der Waals surface area (Å²) < 4.78 is 17.2. The molecule has 2 atom stereocenters. The van der Waals surface area contributed by atoms with Crippen LogP contribution in [-0.2, 0) is 25.1 Å². The van der Waals surface area contributed by atoms with Crippen LogP contribution in [0.5, 0.6) is 0 Å². The summed E-state index contributed by atoms with van der Waals surface area (Å²) in [6.07, 6.45) is 0.0332. The topological polar surface area (TPSA) is 72.5 Å². The molecule has 0 spiro atoms. The van der Waals surface area contributed by atoms with Crippen molar-refractivity contribution in [3.63, 3.8) is 0 Å². The largest absolute Gasteiger partial charge is 0.469 e. The number of nitrogens with one attached hydrogen (secondary N) is 1. The molecule has 0 fully saturated rings. The van der Waals surface area contributed by atoms with Crippen molar-refractivity contribution in [2.75, 3.05) is 18.2 Å². The molecule has 0 aromatic heterocycles. The number of anilines is 1. The van der Waals surface area contributed by atoms with Crippen molar-refractivity contribution < 1.29 is 18.5 Å². The van der Waals surface area contributed by atoms with E-state index in [1.807, 2.05) is 6.07 Å². The molecule has 0 saturated carbocycles. The Bertz CT molecular complexity index is 521. The van der Waals surface area contributed by atoms with Gasteiger partial charge < -0.3 is 10.1 Å². The van der Waals surface area contributed by atoms with Gasteiger partial charge in [0, 0.05) is 20.5 Å². The van der Waals surface area contributed by atoms with Gasteiger partial charge in [0.15, 0.2) is 0 Å².